The molecule has 0 bridgehead atoms. The highest BCUT2D eigenvalue weighted by Crippen LogP contribution is 2.42. The number of amides is 2. The molecule has 26 heavy (non-hydrogen) atoms. The zero-order chi connectivity index (χ0) is 18.3. The van der Waals surface area contributed by atoms with Gasteiger partial charge in [0.15, 0.2) is 0 Å². The third-order valence-corrected chi connectivity index (χ3v) is 6.05. The Balaban J connectivity index is 1.57. The number of hydrogen-bond donors (Lipinski definition) is 0. The summed E-state index contributed by atoms with van der Waals surface area (Å²) >= 11 is 1.30. The van der Waals surface area contributed by atoms with Gasteiger partial charge in [0.25, 0.3) is 0 Å². The predicted octanol–water partition coefficient (Wildman–Crippen LogP) is 3.89. The number of benzene rings is 1. The molecule has 2 heterocycles. The Kier molecular flexibility index (Phi) is 4.36. The van der Waals surface area contributed by atoms with E-state index in [1.165, 1.54) is 16.2 Å². The fourth-order valence-electron chi connectivity index (χ4n) is 3.88. The highest BCUT2D eigenvalue weighted by atomic mass is 32.1. The molecule has 6 heteroatoms. The fraction of sp³-hybridized carbons (Fsp3) is 0.350. The Labute approximate surface area is 155 Å². The molecule has 1 aliphatic heterocycles. The van der Waals surface area contributed by atoms with E-state index in [9.17, 15) is 14.4 Å². The van der Waals surface area contributed by atoms with Crippen LogP contribution in [0, 0.1) is 17.8 Å². The van der Waals surface area contributed by atoms with Crippen LogP contribution in [0.25, 0.3) is 0 Å². The van der Waals surface area contributed by atoms with Crippen LogP contribution in [-0.2, 0) is 9.59 Å². The van der Waals surface area contributed by atoms with Gasteiger partial charge >= 0.3 is 5.97 Å². The molecular weight excluding hydrogens is 350 g/mol. The van der Waals surface area contributed by atoms with Crippen molar-refractivity contribution in [3.05, 3.63) is 46.7 Å². The van der Waals surface area contributed by atoms with E-state index >= 15 is 0 Å². The number of ether oxygens (including phenoxy) is 1. The second-order valence-corrected chi connectivity index (χ2v) is 7.95. The van der Waals surface area contributed by atoms with E-state index in [0.717, 1.165) is 19.3 Å². The van der Waals surface area contributed by atoms with E-state index in [2.05, 4.69) is 6.92 Å². The van der Waals surface area contributed by atoms with Crippen LogP contribution < -0.4 is 9.64 Å². The van der Waals surface area contributed by atoms with Crippen molar-refractivity contribution in [3.63, 3.8) is 0 Å². The molecule has 1 aromatic heterocycles. The molecule has 0 unspecified atom stereocenters. The first-order chi connectivity index (χ1) is 12.5. The van der Waals surface area contributed by atoms with Crippen molar-refractivity contribution in [1.29, 1.82) is 0 Å². The number of rotatable bonds is 3. The lowest BCUT2D eigenvalue weighted by molar-refractivity contribution is -0.122. The maximum Gasteiger partial charge on any atom is 0.353 e. The zero-order valence-electron chi connectivity index (χ0n) is 14.4. The maximum atomic E-state index is 12.8. The van der Waals surface area contributed by atoms with Gasteiger partial charge in [-0.1, -0.05) is 19.1 Å². The minimum atomic E-state index is -0.446. The van der Waals surface area contributed by atoms with Gasteiger partial charge < -0.3 is 4.74 Å². The Hall–Kier alpha value is -2.47. The highest BCUT2D eigenvalue weighted by Gasteiger charge is 2.50. The van der Waals surface area contributed by atoms with Crippen LogP contribution in [0.3, 0.4) is 0 Å². The van der Waals surface area contributed by atoms with Crippen molar-refractivity contribution >= 4 is 34.8 Å². The minimum Gasteiger partial charge on any atom is -0.422 e. The Morgan fingerprint density at radius 1 is 1.12 bits per heavy atom. The van der Waals surface area contributed by atoms with Crippen molar-refractivity contribution in [2.75, 3.05) is 4.90 Å². The number of anilines is 1. The smallest absolute Gasteiger partial charge is 0.353 e. The van der Waals surface area contributed by atoms with Gasteiger partial charge in [0.2, 0.25) is 11.8 Å². The second-order valence-electron chi connectivity index (χ2n) is 7.01. The summed E-state index contributed by atoms with van der Waals surface area (Å²) in [4.78, 5) is 39.5. The summed E-state index contributed by atoms with van der Waals surface area (Å²) in [5, 5.41) is 1.80. The van der Waals surface area contributed by atoms with Gasteiger partial charge in [-0.15, -0.1) is 11.3 Å². The average molecular weight is 369 g/mol. The molecule has 134 valence electrons. The largest absolute Gasteiger partial charge is 0.422 e. The summed E-state index contributed by atoms with van der Waals surface area (Å²) < 4.78 is 5.39. The van der Waals surface area contributed by atoms with Crippen LogP contribution in [0.1, 0.15) is 35.9 Å². The standard InChI is InChI=1S/C20H19NO4S/c1-12-7-8-15-16(10-12)19(23)21(18(15)22)13-4-2-5-14(11-13)25-20(24)17-6-3-9-26-17/h2-6,9,11-12,15-16H,7-8,10H2,1H3/t12-,15+,16+/m0/s1. The van der Waals surface area contributed by atoms with Gasteiger partial charge in [0.05, 0.1) is 17.5 Å². The van der Waals surface area contributed by atoms with Crippen LogP contribution in [0.4, 0.5) is 5.69 Å². The highest BCUT2D eigenvalue weighted by molar-refractivity contribution is 7.12. The minimum absolute atomic E-state index is 0.131. The van der Waals surface area contributed by atoms with E-state index in [4.69, 9.17) is 4.74 Å². The van der Waals surface area contributed by atoms with E-state index in [1.54, 1.807) is 41.8 Å². The van der Waals surface area contributed by atoms with Gasteiger partial charge in [-0.05, 0) is 48.8 Å². The SMILES string of the molecule is C[C@H]1CC[C@H]2C(=O)N(c3cccc(OC(=O)c4cccs4)c3)C(=O)[C@@H]2C1. The van der Waals surface area contributed by atoms with Crippen LogP contribution >= 0.6 is 11.3 Å². The monoisotopic (exact) mass is 369 g/mol. The van der Waals surface area contributed by atoms with E-state index in [-0.39, 0.29) is 23.7 Å². The fourth-order valence-corrected chi connectivity index (χ4v) is 4.48. The summed E-state index contributed by atoms with van der Waals surface area (Å²) in [6, 6.07) is 10.1. The number of carbonyl (C=O) groups excluding carboxylic acids is 3. The quantitative estimate of drug-likeness (QED) is 0.468. The lowest BCUT2D eigenvalue weighted by Crippen LogP contribution is -2.30. The first-order valence-corrected chi connectivity index (χ1v) is 9.66. The van der Waals surface area contributed by atoms with Crippen molar-refractivity contribution in [2.45, 2.75) is 26.2 Å². The third-order valence-electron chi connectivity index (χ3n) is 5.20. The molecule has 2 aliphatic rings. The molecule has 3 atom stereocenters. The molecule has 1 saturated heterocycles. The van der Waals surface area contributed by atoms with Crippen molar-refractivity contribution < 1.29 is 19.1 Å². The first kappa shape index (κ1) is 17.0. The summed E-state index contributed by atoms with van der Waals surface area (Å²) in [6.07, 6.45) is 2.51. The van der Waals surface area contributed by atoms with Crippen LogP contribution in [0.2, 0.25) is 0 Å². The second kappa shape index (κ2) is 6.68. The predicted molar refractivity (Wildman–Crippen MR) is 98.2 cm³/mol. The number of fused-ring (bicyclic) bond motifs is 1. The maximum absolute atomic E-state index is 12.8. The van der Waals surface area contributed by atoms with Crippen molar-refractivity contribution in [2.24, 2.45) is 17.8 Å². The normalized spacial score (nSPS) is 25.3. The molecule has 1 saturated carbocycles. The van der Waals surface area contributed by atoms with Crippen LogP contribution in [0.15, 0.2) is 41.8 Å². The van der Waals surface area contributed by atoms with E-state index in [1.807, 2.05) is 0 Å². The number of nitrogens with zero attached hydrogens (tertiary/aromatic N) is 1. The Bertz CT molecular complexity index is 860. The number of carbonyl (C=O) groups is 3. The van der Waals surface area contributed by atoms with Gasteiger partial charge in [0, 0.05) is 6.07 Å². The Morgan fingerprint density at radius 3 is 2.69 bits per heavy atom. The molecule has 2 amide bonds. The molecule has 2 aromatic rings. The number of imide groups is 1. The zero-order valence-corrected chi connectivity index (χ0v) is 15.2. The molecular formula is C20H19NO4S. The molecule has 0 spiro atoms. The van der Waals surface area contributed by atoms with Gasteiger partial charge in [-0.2, -0.15) is 0 Å². The summed E-state index contributed by atoms with van der Waals surface area (Å²) in [6.45, 7) is 2.13. The molecule has 0 N–H and O–H groups in total. The summed E-state index contributed by atoms with van der Waals surface area (Å²) in [5.41, 5.74) is 0.471. The van der Waals surface area contributed by atoms with Gasteiger partial charge in [0.1, 0.15) is 10.6 Å². The van der Waals surface area contributed by atoms with Gasteiger partial charge in [-0.3, -0.25) is 9.59 Å². The van der Waals surface area contributed by atoms with Crippen molar-refractivity contribution in [1.82, 2.24) is 0 Å². The molecule has 2 fully saturated rings. The summed E-state index contributed by atoms with van der Waals surface area (Å²) in [7, 11) is 0. The third kappa shape index (κ3) is 2.94. The van der Waals surface area contributed by atoms with Crippen LogP contribution in [0.5, 0.6) is 5.75 Å². The van der Waals surface area contributed by atoms with Crippen molar-refractivity contribution in [3.8, 4) is 5.75 Å². The van der Waals surface area contributed by atoms with Gasteiger partial charge in [-0.25, -0.2) is 9.69 Å². The van der Waals surface area contributed by atoms with E-state index in [0.29, 0.717) is 22.2 Å². The van der Waals surface area contributed by atoms with E-state index < -0.39 is 5.97 Å². The molecule has 1 aromatic carbocycles. The Morgan fingerprint density at radius 2 is 1.92 bits per heavy atom. The molecule has 5 nitrogen and oxygen atoms in total. The topological polar surface area (TPSA) is 63.7 Å². The lowest BCUT2D eigenvalue weighted by atomic mass is 9.76. The average Bonchev–Trinajstić information content (AvgIpc) is 3.23. The number of hydrogen-bond acceptors (Lipinski definition) is 5. The molecule has 4 rings (SSSR count). The number of esters is 1. The first-order valence-electron chi connectivity index (χ1n) is 8.78. The summed E-state index contributed by atoms with van der Waals surface area (Å²) in [5.74, 6) is -0.351. The molecule has 0 radical (unpaired) electrons. The van der Waals surface area contributed by atoms with Crippen LogP contribution in [-0.4, -0.2) is 17.8 Å². The molecule has 1 aliphatic carbocycles. The lowest BCUT2D eigenvalue weighted by Gasteiger charge is -2.25. The number of thiophene rings is 1.